The maximum absolute atomic E-state index is 14.0. The maximum Gasteiger partial charge on any atom is 0.250 e. The zero-order valence-corrected chi connectivity index (χ0v) is 26.2. The van der Waals surface area contributed by atoms with E-state index in [1.807, 2.05) is 68.6 Å². The van der Waals surface area contributed by atoms with Gasteiger partial charge in [-0.3, -0.25) is 19.2 Å². The SMILES string of the molecule is CCOc1ccc(CN(C)C(=O)C(Cc2c[nH]c3ccccc23)NC(=O)CN2CC(=O)NC(c3ccccc3)C2=O)cc1OCC. The molecule has 2 unspecified atom stereocenters. The first kappa shape index (κ1) is 32.1. The number of ether oxygens (including phenoxy) is 2. The van der Waals surface area contributed by atoms with E-state index in [2.05, 4.69) is 15.6 Å². The predicted octanol–water partition coefficient (Wildman–Crippen LogP) is 3.35. The third-order valence-electron chi connectivity index (χ3n) is 7.80. The molecule has 0 radical (unpaired) electrons. The van der Waals surface area contributed by atoms with Gasteiger partial charge in [0.1, 0.15) is 25.2 Å². The van der Waals surface area contributed by atoms with Crippen molar-refractivity contribution in [2.45, 2.75) is 38.9 Å². The van der Waals surface area contributed by atoms with Crippen LogP contribution in [0.1, 0.15) is 36.6 Å². The highest BCUT2D eigenvalue weighted by molar-refractivity contribution is 5.98. The number of aromatic amines is 1. The fourth-order valence-electron chi connectivity index (χ4n) is 5.65. The largest absolute Gasteiger partial charge is 0.490 e. The van der Waals surface area contributed by atoms with Crippen molar-refractivity contribution in [3.8, 4) is 11.5 Å². The van der Waals surface area contributed by atoms with Crippen LogP contribution >= 0.6 is 0 Å². The minimum atomic E-state index is -0.940. The van der Waals surface area contributed by atoms with E-state index in [4.69, 9.17) is 9.47 Å². The van der Waals surface area contributed by atoms with E-state index in [0.29, 0.717) is 30.3 Å². The molecule has 4 amide bonds. The maximum atomic E-state index is 14.0. The van der Waals surface area contributed by atoms with E-state index in [1.165, 1.54) is 4.90 Å². The summed E-state index contributed by atoms with van der Waals surface area (Å²) in [4.78, 5) is 59.3. The number of amides is 4. The van der Waals surface area contributed by atoms with Gasteiger partial charge in [0.2, 0.25) is 17.7 Å². The summed E-state index contributed by atoms with van der Waals surface area (Å²) in [6.07, 6.45) is 2.05. The van der Waals surface area contributed by atoms with Gasteiger partial charge in [-0.2, -0.15) is 0 Å². The molecular formula is C35H39N5O6. The summed E-state index contributed by atoms with van der Waals surface area (Å²) in [5.41, 5.74) is 3.23. The average molecular weight is 626 g/mol. The van der Waals surface area contributed by atoms with Crippen molar-refractivity contribution >= 4 is 34.5 Å². The van der Waals surface area contributed by atoms with Crippen molar-refractivity contribution in [3.63, 3.8) is 0 Å². The van der Waals surface area contributed by atoms with Crippen molar-refractivity contribution in [1.29, 1.82) is 0 Å². The van der Waals surface area contributed by atoms with E-state index in [0.717, 1.165) is 22.0 Å². The number of carbonyl (C=O) groups is 4. The molecule has 0 aliphatic carbocycles. The van der Waals surface area contributed by atoms with Crippen molar-refractivity contribution in [2.24, 2.45) is 0 Å². The quantitative estimate of drug-likeness (QED) is 0.209. The Bertz CT molecular complexity index is 1700. The lowest BCUT2D eigenvalue weighted by molar-refractivity contribution is -0.147. The van der Waals surface area contributed by atoms with Gasteiger partial charge in [0.15, 0.2) is 11.5 Å². The third kappa shape index (κ3) is 7.48. The molecule has 3 N–H and O–H groups in total. The molecular weight excluding hydrogens is 586 g/mol. The standard InChI is InChI=1S/C35H39N5O6/c1-4-45-29-16-15-23(17-30(29)46-5-2)20-39(3)34(43)28(18-25-19-36-27-14-10-9-13-26(25)27)37-31(41)21-40-22-32(42)38-33(35(40)44)24-11-7-6-8-12-24/h6-17,19,28,33,36H,4-5,18,20-22H2,1-3H3,(H,37,41)(H,38,42). The van der Waals surface area contributed by atoms with Gasteiger partial charge in [0.25, 0.3) is 5.91 Å². The second-order valence-electron chi connectivity index (χ2n) is 11.1. The number of aromatic nitrogens is 1. The van der Waals surface area contributed by atoms with Gasteiger partial charge in [-0.25, -0.2) is 0 Å². The number of likely N-dealkylation sites (N-methyl/N-ethyl adjacent to an activating group) is 1. The van der Waals surface area contributed by atoms with Crippen LogP contribution in [-0.4, -0.2) is 77.8 Å². The third-order valence-corrected chi connectivity index (χ3v) is 7.80. The van der Waals surface area contributed by atoms with E-state index in [1.54, 1.807) is 36.2 Å². The molecule has 0 spiro atoms. The summed E-state index contributed by atoms with van der Waals surface area (Å²) in [5.74, 6) is -0.388. The van der Waals surface area contributed by atoms with Gasteiger partial charge in [0.05, 0.1) is 13.2 Å². The Balaban J connectivity index is 1.34. The molecule has 1 aromatic heterocycles. The van der Waals surface area contributed by atoms with Gasteiger partial charge in [0, 0.05) is 37.1 Å². The first-order valence-corrected chi connectivity index (χ1v) is 15.4. The van der Waals surface area contributed by atoms with Crippen LogP contribution < -0.4 is 20.1 Å². The number of piperazine rings is 1. The summed E-state index contributed by atoms with van der Waals surface area (Å²) in [7, 11) is 1.68. The number of carbonyl (C=O) groups excluding carboxylic acids is 4. The summed E-state index contributed by atoms with van der Waals surface area (Å²) in [6.45, 7) is 4.38. The van der Waals surface area contributed by atoms with E-state index in [-0.39, 0.29) is 37.9 Å². The van der Waals surface area contributed by atoms with Crippen LogP contribution in [0.2, 0.25) is 0 Å². The van der Waals surface area contributed by atoms with E-state index >= 15 is 0 Å². The van der Waals surface area contributed by atoms with E-state index in [9.17, 15) is 19.2 Å². The number of para-hydroxylation sites is 1. The van der Waals surface area contributed by atoms with Gasteiger partial charge < -0.3 is 34.9 Å². The number of nitrogens with zero attached hydrogens (tertiary/aromatic N) is 2. The Morgan fingerprint density at radius 1 is 0.978 bits per heavy atom. The number of rotatable bonds is 13. The highest BCUT2D eigenvalue weighted by Crippen LogP contribution is 2.29. The van der Waals surface area contributed by atoms with Crippen molar-refractivity contribution < 1.29 is 28.7 Å². The fourth-order valence-corrected chi connectivity index (χ4v) is 5.65. The second-order valence-corrected chi connectivity index (χ2v) is 11.1. The highest BCUT2D eigenvalue weighted by atomic mass is 16.5. The fraction of sp³-hybridized carbons (Fsp3) is 0.314. The molecule has 1 saturated heterocycles. The lowest BCUT2D eigenvalue weighted by atomic mass is 10.0. The first-order chi connectivity index (χ1) is 22.3. The van der Waals surface area contributed by atoms with Crippen molar-refractivity contribution in [2.75, 3.05) is 33.4 Å². The van der Waals surface area contributed by atoms with Gasteiger partial charge in [-0.15, -0.1) is 0 Å². The van der Waals surface area contributed by atoms with Gasteiger partial charge in [-0.05, 0) is 48.7 Å². The van der Waals surface area contributed by atoms with Gasteiger partial charge >= 0.3 is 0 Å². The van der Waals surface area contributed by atoms with Crippen LogP contribution in [0.15, 0.2) is 79.0 Å². The van der Waals surface area contributed by atoms with Crippen LogP contribution in [0.5, 0.6) is 11.5 Å². The molecule has 2 heterocycles. The molecule has 1 fully saturated rings. The van der Waals surface area contributed by atoms with Gasteiger partial charge in [-0.1, -0.05) is 54.6 Å². The minimum Gasteiger partial charge on any atom is -0.490 e. The lowest BCUT2D eigenvalue weighted by Gasteiger charge is -2.33. The summed E-state index contributed by atoms with van der Waals surface area (Å²) in [5, 5.41) is 6.52. The zero-order valence-electron chi connectivity index (χ0n) is 26.2. The van der Waals surface area contributed by atoms with Crippen LogP contribution in [0.4, 0.5) is 0 Å². The molecule has 0 saturated carbocycles. The molecule has 1 aliphatic heterocycles. The number of benzene rings is 3. The Morgan fingerprint density at radius 2 is 1.70 bits per heavy atom. The molecule has 1 aliphatic rings. The van der Waals surface area contributed by atoms with Crippen LogP contribution in [0.25, 0.3) is 10.9 Å². The lowest BCUT2D eigenvalue weighted by Crippen LogP contribution is -2.57. The smallest absolute Gasteiger partial charge is 0.250 e. The number of H-pyrrole nitrogens is 1. The normalized spacial score (nSPS) is 15.3. The number of hydrogen-bond acceptors (Lipinski definition) is 6. The van der Waals surface area contributed by atoms with Crippen LogP contribution in [0, 0.1) is 0 Å². The number of hydrogen-bond donors (Lipinski definition) is 3. The van der Waals surface area contributed by atoms with Crippen LogP contribution in [0.3, 0.4) is 0 Å². The Morgan fingerprint density at radius 3 is 2.46 bits per heavy atom. The summed E-state index contributed by atoms with van der Waals surface area (Å²) < 4.78 is 11.4. The monoisotopic (exact) mass is 625 g/mol. The van der Waals surface area contributed by atoms with Crippen LogP contribution in [-0.2, 0) is 32.1 Å². The highest BCUT2D eigenvalue weighted by Gasteiger charge is 2.35. The molecule has 3 aromatic carbocycles. The molecule has 2 atom stereocenters. The van der Waals surface area contributed by atoms with Crippen molar-refractivity contribution in [3.05, 3.63) is 95.7 Å². The Hall–Kier alpha value is -5.32. The average Bonchev–Trinajstić information content (AvgIpc) is 3.46. The molecule has 46 heavy (non-hydrogen) atoms. The zero-order chi connectivity index (χ0) is 32.6. The second kappa shape index (κ2) is 14.6. The molecule has 11 nitrogen and oxygen atoms in total. The van der Waals surface area contributed by atoms with E-state index < -0.39 is 23.9 Å². The molecule has 4 aromatic rings. The number of fused-ring (bicyclic) bond motifs is 1. The molecule has 11 heteroatoms. The summed E-state index contributed by atoms with van der Waals surface area (Å²) >= 11 is 0. The summed E-state index contributed by atoms with van der Waals surface area (Å²) in [6, 6.07) is 20.3. The minimum absolute atomic E-state index is 0.216. The topological polar surface area (TPSA) is 133 Å². The first-order valence-electron chi connectivity index (χ1n) is 15.4. The van der Waals surface area contributed by atoms with Crippen molar-refractivity contribution in [1.82, 2.24) is 25.4 Å². The Labute approximate surface area is 267 Å². The number of nitrogens with one attached hydrogen (secondary N) is 3. The predicted molar refractivity (Wildman–Crippen MR) is 173 cm³/mol. The molecule has 240 valence electrons. The molecule has 0 bridgehead atoms. The Kier molecular flexibility index (Phi) is 10.2. The molecule has 5 rings (SSSR count).